The largest absolute Gasteiger partial charge is 0.494 e. The Labute approximate surface area is 91.9 Å². The van der Waals surface area contributed by atoms with E-state index in [1.807, 2.05) is 19.9 Å². The normalized spacial score (nSPS) is 24.6. The number of carbonyl (C=O) groups excluding carboxylic acids is 1. The second-order valence-corrected chi connectivity index (χ2v) is 3.98. The zero-order valence-corrected chi connectivity index (χ0v) is 9.88. The fourth-order valence-electron chi connectivity index (χ4n) is 1.76. The van der Waals surface area contributed by atoms with Crippen LogP contribution in [0, 0.1) is 5.92 Å². The average Bonchev–Trinajstić information content (AvgIpc) is 2.57. The van der Waals surface area contributed by atoms with Gasteiger partial charge in [0.25, 0.3) is 0 Å². The molecule has 15 heavy (non-hydrogen) atoms. The van der Waals surface area contributed by atoms with Crippen LogP contribution in [-0.2, 0) is 9.53 Å². The first-order valence-electron chi connectivity index (χ1n) is 5.84. The molecule has 1 aliphatic rings. The zero-order chi connectivity index (χ0) is 11.3. The maximum absolute atomic E-state index is 11.6. The molecule has 1 aliphatic heterocycles. The number of allylic oxidation sites excluding steroid dienone is 1. The lowest BCUT2D eigenvalue weighted by Gasteiger charge is -2.13. The van der Waals surface area contributed by atoms with Crippen LogP contribution in [0.2, 0.25) is 0 Å². The van der Waals surface area contributed by atoms with E-state index in [0.717, 1.165) is 25.0 Å². The average molecular weight is 211 g/mol. The molecule has 0 aliphatic carbocycles. The third-order valence-electron chi connectivity index (χ3n) is 2.64. The number of amides is 1. The highest BCUT2D eigenvalue weighted by atomic mass is 16.5. The molecule has 3 nitrogen and oxygen atoms in total. The van der Waals surface area contributed by atoms with Crippen molar-refractivity contribution in [2.75, 3.05) is 6.54 Å². The van der Waals surface area contributed by atoms with E-state index in [2.05, 4.69) is 12.2 Å². The van der Waals surface area contributed by atoms with Crippen LogP contribution in [0.1, 0.15) is 40.0 Å². The Morgan fingerprint density at radius 3 is 2.87 bits per heavy atom. The van der Waals surface area contributed by atoms with Gasteiger partial charge in [0.05, 0.1) is 11.7 Å². The minimum Gasteiger partial charge on any atom is -0.494 e. The van der Waals surface area contributed by atoms with Crippen LogP contribution in [0.25, 0.3) is 0 Å². The fraction of sp³-hybridized carbons (Fsp3) is 0.750. The van der Waals surface area contributed by atoms with Gasteiger partial charge in [-0.05, 0) is 26.3 Å². The van der Waals surface area contributed by atoms with Crippen molar-refractivity contribution in [1.82, 2.24) is 5.32 Å². The number of hydrogen-bond donors (Lipinski definition) is 1. The summed E-state index contributed by atoms with van der Waals surface area (Å²) in [5.41, 5.74) is 0. The fourth-order valence-corrected chi connectivity index (χ4v) is 1.76. The topological polar surface area (TPSA) is 38.3 Å². The molecule has 0 spiro atoms. The second kappa shape index (κ2) is 5.79. The molecule has 1 heterocycles. The molecule has 1 amide bonds. The van der Waals surface area contributed by atoms with E-state index in [0.29, 0.717) is 6.54 Å². The van der Waals surface area contributed by atoms with E-state index in [-0.39, 0.29) is 17.9 Å². The van der Waals surface area contributed by atoms with Crippen molar-refractivity contribution in [3.8, 4) is 0 Å². The smallest absolute Gasteiger partial charge is 0.230 e. The summed E-state index contributed by atoms with van der Waals surface area (Å²) in [5.74, 6) is 0.967. The van der Waals surface area contributed by atoms with Gasteiger partial charge >= 0.3 is 0 Å². The molecule has 0 fully saturated rings. The van der Waals surface area contributed by atoms with E-state index >= 15 is 0 Å². The SMILES string of the molecule is CCCCC1=CC(C(=O)NCC)C(C)O1. The van der Waals surface area contributed by atoms with Crippen molar-refractivity contribution in [3.63, 3.8) is 0 Å². The van der Waals surface area contributed by atoms with Crippen molar-refractivity contribution in [2.45, 2.75) is 46.1 Å². The van der Waals surface area contributed by atoms with Crippen molar-refractivity contribution < 1.29 is 9.53 Å². The summed E-state index contributed by atoms with van der Waals surface area (Å²) >= 11 is 0. The second-order valence-electron chi connectivity index (χ2n) is 3.98. The highest BCUT2D eigenvalue weighted by Gasteiger charge is 2.30. The Balaban J connectivity index is 2.51. The summed E-state index contributed by atoms with van der Waals surface area (Å²) in [6.07, 6.45) is 5.20. The molecule has 0 aromatic carbocycles. The van der Waals surface area contributed by atoms with Crippen molar-refractivity contribution >= 4 is 5.91 Å². The van der Waals surface area contributed by atoms with Crippen LogP contribution >= 0.6 is 0 Å². The molecule has 0 bridgehead atoms. The van der Waals surface area contributed by atoms with Gasteiger partial charge in [0.1, 0.15) is 6.10 Å². The lowest BCUT2D eigenvalue weighted by molar-refractivity contribution is -0.125. The van der Waals surface area contributed by atoms with Gasteiger partial charge in [-0.25, -0.2) is 0 Å². The molecule has 0 saturated carbocycles. The molecule has 0 radical (unpaired) electrons. The van der Waals surface area contributed by atoms with Gasteiger partial charge in [-0.1, -0.05) is 13.3 Å². The molecule has 0 aromatic heterocycles. The van der Waals surface area contributed by atoms with E-state index in [1.165, 1.54) is 0 Å². The van der Waals surface area contributed by atoms with E-state index in [4.69, 9.17) is 4.74 Å². The zero-order valence-electron chi connectivity index (χ0n) is 9.88. The standard InChI is InChI=1S/C12H21NO2/c1-4-6-7-10-8-11(9(3)15-10)12(14)13-5-2/h8-9,11H,4-7H2,1-3H3,(H,13,14). The third kappa shape index (κ3) is 3.26. The summed E-state index contributed by atoms with van der Waals surface area (Å²) in [5, 5.41) is 2.83. The van der Waals surface area contributed by atoms with Gasteiger partial charge in [-0.2, -0.15) is 0 Å². The number of rotatable bonds is 5. The minimum absolute atomic E-state index is 0.0107. The molecule has 2 atom stereocenters. The van der Waals surface area contributed by atoms with Crippen LogP contribution in [-0.4, -0.2) is 18.6 Å². The number of unbranched alkanes of at least 4 members (excludes halogenated alkanes) is 1. The quantitative estimate of drug-likeness (QED) is 0.757. The maximum Gasteiger partial charge on any atom is 0.230 e. The highest BCUT2D eigenvalue weighted by molar-refractivity contribution is 5.81. The van der Waals surface area contributed by atoms with Crippen molar-refractivity contribution in [1.29, 1.82) is 0 Å². The summed E-state index contributed by atoms with van der Waals surface area (Å²) in [7, 11) is 0. The monoisotopic (exact) mass is 211 g/mol. The molecular formula is C12H21NO2. The predicted octanol–water partition coefficient (Wildman–Crippen LogP) is 2.23. The Kier molecular flexibility index (Phi) is 4.66. The summed E-state index contributed by atoms with van der Waals surface area (Å²) in [6.45, 7) is 6.72. The van der Waals surface area contributed by atoms with Gasteiger partial charge in [-0.3, -0.25) is 4.79 Å². The number of carbonyl (C=O) groups is 1. The highest BCUT2D eigenvalue weighted by Crippen LogP contribution is 2.26. The third-order valence-corrected chi connectivity index (χ3v) is 2.64. The molecule has 86 valence electrons. The van der Waals surface area contributed by atoms with Crippen molar-refractivity contribution in [2.24, 2.45) is 5.92 Å². The summed E-state index contributed by atoms with van der Waals surface area (Å²) in [4.78, 5) is 11.6. The predicted molar refractivity (Wildman–Crippen MR) is 60.3 cm³/mol. The Hall–Kier alpha value is -0.990. The van der Waals surface area contributed by atoms with Crippen LogP contribution in [0.4, 0.5) is 0 Å². The van der Waals surface area contributed by atoms with E-state index < -0.39 is 0 Å². The van der Waals surface area contributed by atoms with Gasteiger partial charge in [0.2, 0.25) is 5.91 Å². The number of ether oxygens (including phenoxy) is 1. The Bertz CT molecular complexity index is 248. The van der Waals surface area contributed by atoms with Gasteiger partial charge in [0.15, 0.2) is 0 Å². The molecule has 1 N–H and O–H groups in total. The van der Waals surface area contributed by atoms with Crippen LogP contribution in [0.15, 0.2) is 11.8 Å². The molecule has 0 saturated heterocycles. The first kappa shape index (κ1) is 12.1. The number of nitrogens with one attached hydrogen (secondary N) is 1. The summed E-state index contributed by atoms with van der Waals surface area (Å²) in [6, 6.07) is 0. The maximum atomic E-state index is 11.6. The summed E-state index contributed by atoms with van der Waals surface area (Å²) < 4.78 is 5.64. The van der Waals surface area contributed by atoms with Crippen LogP contribution in [0.5, 0.6) is 0 Å². The number of hydrogen-bond acceptors (Lipinski definition) is 2. The van der Waals surface area contributed by atoms with E-state index in [1.54, 1.807) is 0 Å². The lowest BCUT2D eigenvalue weighted by Crippen LogP contribution is -2.33. The minimum atomic E-state index is -0.100. The first-order valence-corrected chi connectivity index (χ1v) is 5.84. The van der Waals surface area contributed by atoms with Gasteiger partial charge in [-0.15, -0.1) is 0 Å². The first-order chi connectivity index (χ1) is 7.19. The van der Waals surface area contributed by atoms with Gasteiger partial charge < -0.3 is 10.1 Å². The molecule has 3 heteroatoms. The lowest BCUT2D eigenvalue weighted by atomic mass is 10.0. The Morgan fingerprint density at radius 2 is 2.27 bits per heavy atom. The van der Waals surface area contributed by atoms with Crippen LogP contribution in [0.3, 0.4) is 0 Å². The molecule has 1 rings (SSSR count). The van der Waals surface area contributed by atoms with E-state index in [9.17, 15) is 4.79 Å². The van der Waals surface area contributed by atoms with Crippen LogP contribution < -0.4 is 5.32 Å². The van der Waals surface area contributed by atoms with Crippen molar-refractivity contribution in [3.05, 3.63) is 11.8 Å². The Morgan fingerprint density at radius 1 is 1.53 bits per heavy atom. The molecule has 2 unspecified atom stereocenters. The molecule has 0 aromatic rings. The van der Waals surface area contributed by atoms with Gasteiger partial charge in [0, 0.05) is 13.0 Å². The molecular weight excluding hydrogens is 190 g/mol.